The van der Waals surface area contributed by atoms with E-state index >= 15 is 0 Å². The Morgan fingerprint density at radius 1 is 1.25 bits per heavy atom. The molecular weight excluding hydrogens is 316 g/mol. The molecule has 0 spiro atoms. The molecule has 2 rings (SSSR count). The Morgan fingerprint density at radius 3 is 2.70 bits per heavy atom. The van der Waals surface area contributed by atoms with Gasteiger partial charge in [0.25, 0.3) is 5.91 Å². The first-order valence-electron chi connectivity index (χ1n) is 6.47. The zero-order valence-corrected chi connectivity index (χ0v) is 13.4. The van der Waals surface area contributed by atoms with Crippen LogP contribution < -0.4 is 5.32 Å². The SMILES string of the molecule is Cc1ccc(C)c(C(C)NC(=O)c2ccnc(Br)c2)c1. The molecule has 1 heterocycles. The van der Waals surface area contributed by atoms with Crippen LogP contribution in [0.1, 0.15) is 40.0 Å². The van der Waals surface area contributed by atoms with E-state index in [1.807, 2.05) is 6.92 Å². The first kappa shape index (κ1) is 14.7. The summed E-state index contributed by atoms with van der Waals surface area (Å²) in [6, 6.07) is 9.65. The molecule has 1 unspecified atom stereocenters. The summed E-state index contributed by atoms with van der Waals surface area (Å²) in [5.41, 5.74) is 4.12. The monoisotopic (exact) mass is 332 g/mol. The van der Waals surface area contributed by atoms with Crippen LogP contribution in [-0.2, 0) is 0 Å². The van der Waals surface area contributed by atoms with Crippen molar-refractivity contribution in [2.45, 2.75) is 26.8 Å². The highest BCUT2D eigenvalue weighted by atomic mass is 79.9. The molecule has 0 fully saturated rings. The normalized spacial score (nSPS) is 12.0. The molecular formula is C16H17BrN2O. The summed E-state index contributed by atoms with van der Waals surface area (Å²) in [4.78, 5) is 16.2. The minimum Gasteiger partial charge on any atom is -0.346 e. The van der Waals surface area contributed by atoms with Crippen molar-refractivity contribution in [2.75, 3.05) is 0 Å². The largest absolute Gasteiger partial charge is 0.346 e. The van der Waals surface area contributed by atoms with Gasteiger partial charge in [0.15, 0.2) is 0 Å². The molecule has 1 atom stereocenters. The van der Waals surface area contributed by atoms with Crippen LogP contribution in [0.15, 0.2) is 41.1 Å². The van der Waals surface area contributed by atoms with E-state index in [2.05, 4.69) is 58.3 Å². The number of hydrogen-bond acceptors (Lipinski definition) is 2. The fraction of sp³-hybridized carbons (Fsp3) is 0.250. The average molecular weight is 333 g/mol. The summed E-state index contributed by atoms with van der Waals surface area (Å²) in [7, 11) is 0. The summed E-state index contributed by atoms with van der Waals surface area (Å²) in [5, 5.41) is 3.02. The second-order valence-corrected chi connectivity index (χ2v) is 5.73. The highest BCUT2D eigenvalue weighted by Gasteiger charge is 2.13. The van der Waals surface area contributed by atoms with Gasteiger partial charge in [0.05, 0.1) is 6.04 Å². The van der Waals surface area contributed by atoms with E-state index in [9.17, 15) is 4.79 Å². The maximum atomic E-state index is 12.2. The molecule has 1 aromatic heterocycles. The lowest BCUT2D eigenvalue weighted by atomic mass is 10.00. The third kappa shape index (κ3) is 3.45. The fourth-order valence-electron chi connectivity index (χ4n) is 2.13. The third-order valence-electron chi connectivity index (χ3n) is 3.24. The van der Waals surface area contributed by atoms with Gasteiger partial charge in [-0.15, -0.1) is 0 Å². The van der Waals surface area contributed by atoms with E-state index in [-0.39, 0.29) is 11.9 Å². The third-order valence-corrected chi connectivity index (χ3v) is 3.67. The Labute approximate surface area is 127 Å². The van der Waals surface area contributed by atoms with Gasteiger partial charge < -0.3 is 5.32 Å². The number of halogens is 1. The van der Waals surface area contributed by atoms with Crippen molar-refractivity contribution in [3.05, 3.63) is 63.4 Å². The van der Waals surface area contributed by atoms with Crippen LogP contribution in [0.5, 0.6) is 0 Å². The number of nitrogens with one attached hydrogen (secondary N) is 1. The second-order valence-electron chi connectivity index (χ2n) is 4.92. The van der Waals surface area contributed by atoms with Crippen molar-refractivity contribution in [2.24, 2.45) is 0 Å². The van der Waals surface area contributed by atoms with Crippen LogP contribution in [0.2, 0.25) is 0 Å². The minimum atomic E-state index is -0.0958. The smallest absolute Gasteiger partial charge is 0.251 e. The van der Waals surface area contributed by atoms with E-state index in [1.165, 1.54) is 11.1 Å². The summed E-state index contributed by atoms with van der Waals surface area (Å²) in [5.74, 6) is -0.0958. The first-order valence-corrected chi connectivity index (χ1v) is 7.26. The predicted octanol–water partition coefficient (Wildman–Crippen LogP) is 3.95. The van der Waals surface area contributed by atoms with Crippen LogP contribution in [0.3, 0.4) is 0 Å². The number of rotatable bonds is 3. The maximum Gasteiger partial charge on any atom is 0.251 e. The van der Waals surface area contributed by atoms with Crippen molar-refractivity contribution in [3.8, 4) is 0 Å². The fourth-order valence-corrected chi connectivity index (χ4v) is 2.49. The molecule has 2 aromatic rings. The van der Waals surface area contributed by atoms with Crippen LogP contribution in [-0.4, -0.2) is 10.9 Å². The Balaban J connectivity index is 2.17. The molecule has 3 nitrogen and oxygen atoms in total. The lowest BCUT2D eigenvalue weighted by Crippen LogP contribution is -2.27. The summed E-state index contributed by atoms with van der Waals surface area (Å²) in [6.07, 6.45) is 1.61. The van der Waals surface area contributed by atoms with Gasteiger partial charge in [-0.2, -0.15) is 0 Å². The van der Waals surface area contributed by atoms with Gasteiger partial charge in [0.2, 0.25) is 0 Å². The van der Waals surface area contributed by atoms with Gasteiger partial charge >= 0.3 is 0 Å². The summed E-state index contributed by atoms with van der Waals surface area (Å²) < 4.78 is 0.657. The van der Waals surface area contributed by atoms with E-state index in [0.29, 0.717) is 10.2 Å². The topological polar surface area (TPSA) is 42.0 Å². The zero-order valence-electron chi connectivity index (χ0n) is 11.8. The average Bonchev–Trinajstić information content (AvgIpc) is 2.41. The van der Waals surface area contributed by atoms with Crippen molar-refractivity contribution in [1.29, 1.82) is 0 Å². The van der Waals surface area contributed by atoms with Gasteiger partial charge in [-0.05, 0) is 60.0 Å². The van der Waals surface area contributed by atoms with Gasteiger partial charge in [-0.25, -0.2) is 4.98 Å². The van der Waals surface area contributed by atoms with Crippen molar-refractivity contribution in [3.63, 3.8) is 0 Å². The maximum absolute atomic E-state index is 12.2. The molecule has 4 heteroatoms. The van der Waals surface area contributed by atoms with Crippen LogP contribution in [0, 0.1) is 13.8 Å². The predicted molar refractivity (Wildman–Crippen MR) is 83.7 cm³/mol. The lowest BCUT2D eigenvalue weighted by Gasteiger charge is -2.17. The quantitative estimate of drug-likeness (QED) is 0.864. The summed E-state index contributed by atoms with van der Waals surface area (Å²) in [6.45, 7) is 6.10. The number of hydrogen-bond donors (Lipinski definition) is 1. The highest BCUT2D eigenvalue weighted by molar-refractivity contribution is 9.10. The zero-order chi connectivity index (χ0) is 14.7. The number of nitrogens with zero attached hydrogens (tertiary/aromatic N) is 1. The number of aryl methyl sites for hydroxylation is 2. The summed E-state index contributed by atoms with van der Waals surface area (Å²) >= 11 is 3.27. The number of benzene rings is 1. The Bertz CT molecular complexity index is 640. The molecule has 0 radical (unpaired) electrons. The van der Waals surface area contributed by atoms with Gasteiger partial charge in [-0.1, -0.05) is 23.8 Å². The number of carbonyl (C=O) groups is 1. The number of pyridine rings is 1. The molecule has 1 N–H and O–H groups in total. The highest BCUT2D eigenvalue weighted by Crippen LogP contribution is 2.19. The Hall–Kier alpha value is -1.68. The molecule has 0 saturated carbocycles. The molecule has 0 aliphatic carbocycles. The Morgan fingerprint density at radius 2 is 2.00 bits per heavy atom. The molecule has 1 amide bonds. The van der Waals surface area contributed by atoms with E-state index in [0.717, 1.165) is 5.56 Å². The lowest BCUT2D eigenvalue weighted by molar-refractivity contribution is 0.0939. The molecule has 104 valence electrons. The standard InChI is InChI=1S/C16H17BrN2O/c1-10-4-5-11(2)14(8-10)12(3)19-16(20)13-6-7-18-15(17)9-13/h4-9,12H,1-3H3,(H,19,20). The molecule has 0 bridgehead atoms. The molecule has 0 aliphatic heterocycles. The van der Waals surface area contributed by atoms with E-state index in [1.54, 1.807) is 18.3 Å². The second kappa shape index (κ2) is 6.18. The van der Waals surface area contributed by atoms with Crippen LogP contribution >= 0.6 is 15.9 Å². The molecule has 20 heavy (non-hydrogen) atoms. The Kier molecular flexibility index (Phi) is 4.55. The van der Waals surface area contributed by atoms with Crippen LogP contribution in [0.4, 0.5) is 0 Å². The molecule has 1 aromatic carbocycles. The van der Waals surface area contributed by atoms with Gasteiger partial charge in [0, 0.05) is 11.8 Å². The number of aromatic nitrogens is 1. The van der Waals surface area contributed by atoms with Gasteiger partial charge in [0.1, 0.15) is 4.60 Å². The van der Waals surface area contributed by atoms with Crippen LogP contribution in [0.25, 0.3) is 0 Å². The molecule has 0 aliphatic rings. The minimum absolute atomic E-state index is 0.0330. The van der Waals surface area contributed by atoms with Crippen molar-refractivity contribution < 1.29 is 4.79 Å². The van der Waals surface area contributed by atoms with Crippen molar-refractivity contribution >= 4 is 21.8 Å². The molecule has 0 saturated heterocycles. The first-order chi connectivity index (χ1) is 9.47. The van der Waals surface area contributed by atoms with Gasteiger partial charge in [-0.3, -0.25) is 4.79 Å². The van der Waals surface area contributed by atoms with E-state index in [4.69, 9.17) is 0 Å². The number of amides is 1. The van der Waals surface area contributed by atoms with E-state index < -0.39 is 0 Å². The number of carbonyl (C=O) groups excluding carboxylic acids is 1. The van der Waals surface area contributed by atoms with Crippen molar-refractivity contribution in [1.82, 2.24) is 10.3 Å².